The van der Waals surface area contributed by atoms with E-state index in [0.717, 1.165) is 5.69 Å². The third-order valence-corrected chi connectivity index (χ3v) is 3.63. The van der Waals surface area contributed by atoms with Gasteiger partial charge in [-0.1, -0.05) is 0 Å². The van der Waals surface area contributed by atoms with Gasteiger partial charge in [0, 0.05) is 28.8 Å². The fraction of sp³-hybridized carbons (Fsp3) is 0.455. The van der Waals surface area contributed by atoms with E-state index in [1.165, 1.54) is 12.1 Å². The number of hydrogen-bond donors (Lipinski definition) is 2. The summed E-state index contributed by atoms with van der Waals surface area (Å²) in [4.78, 5) is 10.2. The molecular formula is C11H13BrN2O4. The van der Waals surface area contributed by atoms with Gasteiger partial charge >= 0.3 is 0 Å². The number of rotatable bonds is 5. The van der Waals surface area contributed by atoms with Crippen molar-refractivity contribution in [3.63, 3.8) is 0 Å². The predicted molar refractivity (Wildman–Crippen MR) is 69.6 cm³/mol. The number of nitro benzene ring substituents is 1. The van der Waals surface area contributed by atoms with E-state index in [1.807, 2.05) is 0 Å². The van der Waals surface area contributed by atoms with Crippen LogP contribution in [0.15, 0.2) is 22.7 Å². The van der Waals surface area contributed by atoms with Crippen LogP contribution in [0.5, 0.6) is 0 Å². The van der Waals surface area contributed by atoms with E-state index < -0.39 is 4.92 Å². The number of non-ortho nitro benzene ring substituents is 1. The van der Waals surface area contributed by atoms with E-state index in [9.17, 15) is 15.2 Å². The number of nitro groups is 1. The third kappa shape index (κ3) is 2.63. The highest BCUT2D eigenvalue weighted by atomic mass is 79.9. The molecule has 0 amide bonds. The number of aliphatic hydroxyl groups is 1. The molecule has 1 heterocycles. The summed E-state index contributed by atoms with van der Waals surface area (Å²) < 4.78 is 5.73. The standard InChI is InChI=1S/C11H13BrN2O4/c12-9-3-8(14(16)17)1-2-10(9)13-4-11(5-15)6-18-7-11/h1-3,13,15H,4-7H2. The molecule has 0 spiro atoms. The van der Waals surface area contributed by atoms with E-state index >= 15 is 0 Å². The van der Waals surface area contributed by atoms with Gasteiger partial charge in [0.25, 0.3) is 5.69 Å². The van der Waals surface area contributed by atoms with Crippen molar-refractivity contribution < 1.29 is 14.8 Å². The molecule has 1 aliphatic rings. The maximum atomic E-state index is 10.6. The van der Waals surface area contributed by atoms with Gasteiger partial charge in [-0.3, -0.25) is 10.1 Å². The van der Waals surface area contributed by atoms with Crippen molar-refractivity contribution in [1.82, 2.24) is 0 Å². The van der Waals surface area contributed by atoms with Crippen molar-refractivity contribution in [2.45, 2.75) is 0 Å². The van der Waals surface area contributed by atoms with Crippen molar-refractivity contribution in [2.75, 3.05) is 31.7 Å². The molecule has 0 bridgehead atoms. The van der Waals surface area contributed by atoms with Gasteiger partial charge in [-0.2, -0.15) is 0 Å². The fourth-order valence-electron chi connectivity index (χ4n) is 1.68. The molecule has 0 aromatic heterocycles. The highest BCUT2D eigenvalue weighted by Gasteiger charge is 2.37. The first kappa shape index (κ1) is 13.3. The summed E-state index contributed by atoms with van der Waals surface area (Å²) in [7, 11) is 0. The Morgan fingerprint density at radius 3 is 2.72 bits per heavy atom. The second kappa shape index (κ2) is 5.21. The van der Waals surface area contributed by atoms with Crippen LogP contribution in [-0.4, -0.2) is 36.4 Å². The van der Waals surface area contributed by atoms with Gasteiger partial charge in [0.2, 0.25) is 0 Å². The average Bonchev–Trinajstić information content (AvgIpc) is 2.29. The largest absolute Gasteiger partial charge is 0.396 e. The molecule has 0 unspecified atom stereocenters. The van der Waals surface area contributed by atoms with Crippen LogP contribution in [0.25, 0.3) is 0 Å². The van der Waals surface area contributed by atoms with Gasteiger partial charge in [0.1, 0.15) is 0 Å². The summed E-state index contributed by atoms with van der Waals surface area (Å²) in [5.74, 6) is 0. The highest BCUT2D eigenvalue weighted by Crippen LogP contribution is 2.31. The zero-order chi connectivity index (χ0) is 13.2. The summed E-state index contributed by atoms with van der Waals surface area (Å²) in [6, 6.07) is 4.54. The van der Waals surface area contributed by atoms with Crippen molar-refractivity contribution in [3.05, 3.63) is 32.8 Å². The van der Waals surface area contributed by atoms with Gasteiger partial charge in [0.15, 0.2) is 0 Å². The van der Waals surface area contributed by atoms with Crippen molar-refractivity contribution in [3.8, 4) is 0 Å². The number of hydrogen-bond acceptors (Lipinski definition) is 5. The lowest BCUT2D eigenvalue weighted by molar-refractivity contribution is -0.384. The third-order valence-electron chi connectivity index (χ3n) is 2.97. The van der Waals surface area contributed by atoms with Crippen LogP contribution in [0.1, 0.15) is 0 Å². The topological polar surface area (TPSA) is 84.6 Å². The lowest BCUT2D eigenvalue weighted by atomic mass is 9.87. The highest BCUT2D eigenvalue weighted by molar-refractivity contribution is 9.10. The Kier molecular flexibility index (Phi) is 3.84. The van der Waals surface area contributed by atoms with Crippen LogP contribution in [0.4, 0.5) is 11.4 Å². The van der Waals surface area contributed by atoms with Crippen molar-refractivity contribution in [1.29, 1.82) is 0 Å². The van der Waals surface area contributed by atoms with Crippen LogP contribution in [0.3, 0.4) is 0 Å². The summed E-state index contributed by atoms with van der Waals surface area (Å²) >= 11 is 3.28. The Labute approximate surface area is 112 Å². The van der Waals surface area contributed by atoms with Crippen LogP contribution < -0.4 is 5.32 Å². The maximum absolute atomic E-state index is 10.6. The lowest BCUT2D eigenvalue weighted by Crippen LogP contribution is -2.50. The van der Waals surface area contributed by atoms with Gasteiger partial charge in [0.05, 0.1) is 30.2 Å². The first-order valence-corrected chi connectivity index (χ1v) is 6.22. The van der Waals surface area contributed by atoms with Crippen LogP contribution in [0, 0.1) is 15.5 Å². The van der Waals surface area contributed by atoms with E-state index in [0.29, 0.717) is 24.2 Å². The van der Waals surface area contributed by atoms with Crippen LogP contribution >= 0.6 is 15.9 Å². The summed E-state index contributed by atoms with van der Waals surface area (Å²) in [6.45, 7) is 1.69. The quantitative estimate of drug-likeness (QED) is 0.639. The zero-order valence-corrected chi connectivity index (χ0v) is 11.1. The molecule has 6 nitrogen and oxygen atoms in total. The van der Waals surface area contributed by atoms with E-state index in [2.05, 4.69) is 21.2 Å². The molecule has 1 aromatic rings. The molecule has 1 aliphatic heterocycles. The molecule has 98 valence electrons. The Morgan fingerprint density at radius 2 is 2.28 bits per heavy atom. The number of anilines is 1. The minimum atomic E-state index is -0.441. The molecule has 1 aromatic carbocycles. The normalized spacial score (nSPS) is 17.0. The molecule has 0 atom stereocenters. The number of benzene rings is 1. The Hall–Kier alpha value is -1.18. The zero-order valence-electron chi connectivity index (χ0n) is 9.56. The first-order valence-electron chi connectivity index (χ1n) is 5.43. The second-order valence-corrected chi connectivity index (χ2v) is 5.28. The van der Waals surface area contributed by atoms with E-state index in [1.54, 1.807) is 6.07 Å². The van der Waals surface area contributed by atoms with Gasteiger partial charge in [-0.25, -0.2) is 0 Å². The summed E-state index contributed by atoms with van der Waals surface area (Å²) in [5.41, 5.74) is 0.568. The molecule has 0 radical (unpaired) electrons. The summed E-state index contributed by atoms with van der Waals surface area (Å²) in [6.07, 6.45) is 0. The molecule has 0 saturated carbocycles. The van der Waals surface area contributed by atoms with Gasteiger partial charge in [-0.05, 0) is 22.0 Å². The molecule has 1 fully saturated rings. The van der Waals surface area contributed by atoms with Gasteiger partial charge < -0.3 is 15.2 Å². The minimum absolute atomic E-state index is 0.0382. The average molecular weight is 317 g/mol. The van der Waals surface area contributed by atoms with Gasteiger partial charge in [-0.15, -0.1) is 0 Å². The van der Waals surface area contributed by atoms with E-state index in [4.69, 9.17) is 4.74 Å². The number of halogens is 1. The first-order chi connectivity index (χ1) is 8.56. The predicted octanol–water partition coefficient (Wildman–Crippen LogP) is 1.78. The number of aliphatic hydroxyl groups excluding tert-OH is 1. The second-order valence-electron chi connectivity index (χ2n) is 4.43. The fourth-order valence-corrected chi connectivity index (χ4v) is 2.19. The maximum Gasteiger partial charge on any atom is 0.270 e. The van der Waals surface area contributed by atoms with E-state index in [-0.39, 0.29) is 17.7 Å². The number of nitrogens with zero attached hydrogens (tertiary/aromatic N) is 1. The van der Waals surface area contributed by atoms with Crippen molar-refractivity contribution >= 4 is 27.3 Å². The van der Waals surface area contributed by atoms with Crippen molar-refractivity contribution in [2.24, 2.45) is 5.41 Å². The number of ether oxygens (including phenoxy) is 1. The molecule has 0 aliphatic carbocycles. The smallest absolute Gasteiger partial charge is 0.270 e. The molecule has 1 saturated heterocycles. The molecular weight excluding hydrogens is 304 g/mol. The van der Waals surface area contributed by atoms with Crippen LogP contribution in [0.2, 0.25) is 0 Å². The minimum Gasteiger partial charge on any atom is -0.396 e. The molecule has 2 N–H and O–H groups in total. The SMILES string of the molecule is O=[N+]([O-])c1ccc(NCC2(CO)COC2)c(Br)c1. The monoisotopic (exact) mass is 316 g/mol. The Balaban J connectivity index is 2.03. The molecule has 18 heavy (non-hydrogen) atoms. The Morgan fingerprint density at radius 1 is 1.56 bits per heavy atom. The number of nitrogens with one attached hydrogen (secondary N) is 1. The van der Waals surface area contributed by atoms with Crippen LogP contribution in [-0.2, 0) is 4.74 Å². The molecule has 7 heteroatoms. The summed E-state index contributed by atoms with van der Waals surface area (Å²) in [5, 5.41) is 23.0. The molecule has 2 rings (SSSR count). The lowest BCUT2D eigenvalue weighted by Gasteiger charge is -2.40. The Bertz CT molecular complexity index is 457.